The van der Waals surface area contributed by atoms with Crippen LogP contribution < -0.4 is 5.32 Å². The monoisotopic (exact) mass is 374 g/mol. The summed E-state index contributed by atoms with van der Waals surface area (Å²) in [6.07, 6.45) is 3.99. The van der Waals surface area contributed by atoms with Gasteiger partial charge in [0.25, 0.3) is 0 Å². The highest BCUT2D eigenvalue weighted by Crippen LogP contribution is 2.25. The van der Waals surface area contributed by atoms with Crippen molar-refractivity contribution in [3.63, 3.8) is 0 Å². The highest BCUT2D eigenvalue weighted by atomic mass is 19.1. The number of nitrogens with zero attached hydrogens (tertiary/aromatic N) is 3. The zero-order valence-corrected chi connectivity index (χ0v) is 15.3. The number of benzene rings is 1. The topological polar surface area (TPSA) is 87.5 Å². The van der Waals surface area contributed by atoms with Crippen molar-refractivity contribution >= 4 is 12.0 Å². The average molecular weight is 374 g/mol. The molecule has 7 nitrogen and oxygen atoms in total. The van der Waals surface area contributed by atoms with Gasteiger partial charge < -0.3 is 15.3 Å². The summed E-state index contributed by atoms with van der Waals surface area (Å²) in [7, 11) is 1.77. The number of likely N-dealkylation sites (tertiary alicyclic amines) is 1. The molecule has 8 heteroatoms. The van der Waals surface area contributed by atoms with Crippen molar-refractivity contribution in [3.05, 3.63) is 53.6 Å². The van der Waals surface area contributed by atoms with Gasteiger partial charge in [0.05, 0.1) is 18.2 Å². The van der Waals surface area contributed by atoms with E-state index in [0.29, 0.717) is 13.0 Å². The maximum atomic E-state index is 13.3. The summed E-state index contributed by atoms with van der Waals surface area (Å²) in [5.41, 5.74) is 1.48. The van der Waals surface area contributed by atoms with Crippen LogP contribution in [0, 0.1) is 17.7 Å². The van der Waals surface area contributed by atoms with Crippen molar-refractivity contribution in [2.45, 2.75) is 19.4 Å². The molecule has 1 saturated heterocycles. The molecule has 0 bridgehead atoms. The van der Waals surface area contributed by atoms with Crippen molar-refractivity contribution in [2.24, 2.45) is 18.9 Å². The molecule has 0 radical (unpaired) electrons. The minimum Gasteiger partial charge on any atom is -0.481 e. The van der Waals surface area contributed by atoms with E-state index in [4.69, 9.17) is 0 Å². The summed E-state index contributed by atoms with van der Waals surface area (Å²) >= 11 is 0. The van der Waals surface area contributed by atoms with E-state index in [1.165, 1.54) is 12.1 Å². The predicted octanol–water partition coefficient (Wildman–Crippen LogP) is 2.40. The number of carbonyl (C=O) groups excluding carboxylic acids is 1. The number of aromatic nitrogens is 2. The Labute approximate surface area is 156 Å². The smallest absolute Gasteiger partial charge is 0.318 e. The standard InChI is InChI=1S/C19H23FN4O3/c1-12-7-14(18(25)26)11-24(9-12)19(27)22-17(15-8-21-23(2)10-15)13-3-5-16(20)6-4-13/h3-6,8,10,12,14,17H,7,9,11H2,1-2H3,(H,22,27)(H,25,26). The number of halogens is 1. The van der Waals surface area contributed by atoms with Gasteiger partial charge >= 0.3 is 12.0 Å². The summed E-state index contributed by atoms with van der Waals surface area (Å²) < 4.78 is 14.9. The summed E-state index contributed by atoms with van der Waals surface area (Å²) in [6, 6.07) is 5.07. The molecule has 1 aromatic carbocycles. The molecule has 144 valence electrons. The molecule has 1 aliphatic heterocycles. The fourth-order valence-corrected chi connectivity index (χ4v) is 3.51. The number of piperidine rings is 1. The normalized spacial score (nSPS) is 20.9. The maximum Gasteiger partial charge on any atom is 0.318 e. The zero-order valence-electron chi connectivity index (χ0n) is 15.3. The first-order valence-electron chi connectivity index (χ1n) is 8.85. The summed E-state index contributed by atoms with van der Waals surface area (Å²) in [6.45, 7) is 2.61. The van der Waals surface area contributed by atoms with Crippen LogP contribution in [0.15, 0.2) is 36.7 Å². The minimum atomic E-state index is -0.887. The molecule has 1 fully saturated rings. The number of rotatable bonds is 4. The lowest BCUT2D eigenvalue weighted by Crippen LogP contribution is -2.50. The Bertz CT molecular complexity index is 821. The van der Waals surface area contributed by atoms with E-state index in [0.717, 1.165) is 11.1 Å². The molecule has 2 N–H and O–H groups in total. The van der Waals surface area contributed by atoms with Crippen molar-refractivity contribution in [2.75, 3.05) is 13.1 Å². The molecule has 2 heterocycles. The molecule has 0 spiro atoms. The van der Waals surface area contributed by atoms with E-state index >= 15 is 0 Å². The predicted molar refractivity (Wildman–Crippen MR) is 96.5 cm³/mol. The molecular formula is C19H23FN4O3. The first-order valence-corrected chi connectivity index (χ1v) is 8.85. The highest BCUT2D eigenvalue weighted by Gasteiger charge is 2.33. The number of hydrogen-bond acceptors (Lipinski definition) is 3. The third kappa shape index (κ3) is 4.45. The Morgan fingerprint density at radius 2 is 1.96 bits per heavy atom. The molecule has 2 amide bonds. The van der Waals surface area contributed by atoms with Crippen molar-refractivity contribution < 1.29 is 19.1 Å². The quantitative estimate of drug-likeness (QED) is 0.860. The highest BCUT2D eigenvalue weighted by molar-refractivity contribution is 5.77. The number of carboxylic acid groups (broad SMARTS) is 1. The number of urea groups is 1. The molecule has 0 saturated carbocycles. The van der Waals surface area contributed by atoms with Crippen LogP contribution >= 0.6 is 0 Å². The van der Waals surface area contributed by atoms with Gasteiger partial charge in [-0.2, -0.15) is 5.10 Å². The van der Waals surface area contributed by atoms with E-state index in [1.807, 2.05) is 6.92 Å². The number of aryl methyl sites for hydroxylation is 1. The Hall–Kier alpha value is -2.90. The van der Waals surface area contributed by atoms with E-state index in [2.05, 4.69) is 10.4 Å². The molecular weight excluding hydrogens is 351 g/mol. The van der Waals surface area contributed by atoms with Crippen LogP contribution in [0.3, 0.4) is 0 Å². The maximum absolute atomic E-state index is 13.3. The molecule has 2 aromatic rings. The second kappa shape index (κ2) is 7.77. The summed E-state index contributed by atoms with van der Waals surface area (Å²) in [5.74, 6) is -1.71. The Morgan fingerprint density at radius 1 is 1.26 bits per heavy atom. The second-order valence-electron chi connectivity index (χ2n) is 7.16. The van der Waals surface area contributed by atoms with Crippen LogP contribution in [0.1, 0.15) is 30.5 Å². The van der Waals surface area contributed by atoms with E-state index < -0.39 is 17.9 Å². The summed E-state index contributed by atoms with van der Waals surface area (Å²) in [5, 5.41) is 16.4. The van der Waals surface area contributed by atoms with Gasteiger partial charge in [0.15, 0.2) is 0 Å². The number of carboxylic acids is 1. The van der Waals surface area contributed by atoms with E-state index in [-0.39, 0.29) is 24.3 Å². The van der Waals surface area contributed by atoms with Crippen LogP contribution in [0.5, 0.6) is 0 Å². The third-order valence-electron chi connectivity index (χ3n) is 4.83. The SMILES string of the molecule is CC1CC(C(=O)O)CN(C(=O)NC(c2ccc(F)cc2)c2cnn(C)c2)C1. The van der Waals surface area contributed by atoms with Gasteiger partial charge in [0.2, 0.25) is 0 Å². The van der Waals surface area contributed by atoms with Crippen LogP contribution in [-0.2, 0) is 11.8 Å². The van der Waals surface area contributed by atoms with Gasteiger partial charge in [-0.25, -0.2) is 9.18 Å². The molecule has 1 aromatic heterocycles. The van der Waals surface area contributed by atoms with Gasteiger partial charge in [-0.3, -0.25) is 9.48 Å². The van der Waals surface area contributed by atoms with Crippen LogP contribution in [-0.4, -0.2) is 44.9 Å². The molecule has 3 unspecified atom stereocenters. The molecule has 27 heavy (non-hydrogen) atoms. The number of hydrogen-bond donors (Lipinski definition) is 2. The average Bonchev–Trinajstić information content (AvgIpc) is 3.06. The lowest BCUT2D eigenvalue weighted by Gasteiger charge is -2.35. The van der Waals surface area contributed by atoms with Crippen molar-refractivity contribution in [1.29, 1.82) is 0 Å². The first-order chi connectivity index (χ1) is 12.8. The largest absolute Gasteiger partial charge is 0.481 e. The minimum absolute atomic E-state index is 0.105. The zero-order chi connectivity index (χ0) is 19.6. The van der Waals surface area contributed by atoms with E-state index in [9.17, 15) is 19.1 Å². The number of nitrogens with one attached hydrogen (secondary N) is 1. The number of carbonyl (C=O) groups is 2. The van der Waals surface area contributed by atoms with Gasteiger partial charge in [0, 0.05) is 31.9 Å². The summed E-state index contributed by atoms with van der Waals surface area (Å²) in [4.78, 5) is 25.8. The van der Waals surface area contributed by atoms with Gasteiger partial charge in [-0.15, -0.1) is 0 Å². The van der Waals surface area contributed by atoms with Crippen LogP contribution in [0.4, 0.5) is 9.18 Å². The van der Waals surface area contributed by atoms with Crippen molar-refractivity contribution in [3.8, 4) is 0 Å². The third-order valence-corrected chi connectivity index (χ3v) is 4.83. The fourth-order valence-electron chi connectivity index (χ4n) is 3.51. The van der Waals surface area contributed by atoms with Crippen LogP contribution in [0.2, 0.25) is 0 Å². The van der Waals surface area contributed by atoms with E-state index in [1.54, 1.807) is 41.2 Å². The first kappa shape index (κ1) is 18.9. The lowest BCUT2D eigenvalue weighted by atomic mass is 9.90. The molecule has 3 atom stereocenters. The Morgan fingerprint density at radius 3 is 2.56 bits per heavy atom. The second-order valence-corrected chi connectivity index (χ2v) is 7.16. The number of amides is 2. The molecule has 1 aliphatic rings. The lowest BCUT2D eigenvalue weighted by molar-refractivity contribution is -0.143. The van der Waals surface area contributed by atoms with Gasteiger partial charge in [-0.1, -0.05) is 19.1 Å². The fraction of sp³-hybridized carbons (Fsp3) is 0.421. The van der Waals surface area contributed by atoms with Gasteiger partial charge in [0.1, 0.15) is 5.82 Å². The Balaban J connectivity index is 1.82. The Kier molecular flexibility index (Phi) is 5.43. The van der Waals surface area contributed by atoms with Crippen LogP contribution in [0.25, 0.3) is 0 Å². The van der Waals surface area contributed by atoms with Crippen molar-refractivity contribution in [1.82, 2.24) is 20.0 Å². The molecule has 3 rings (SSSR count). The number of aliphatic carboxylic acids is 1. The molecule has 0 aliphatic carbocycles. The van der Waals surface area contributed by atoms with Gasteiger partial charge in [-0.05, 0) is 30.0 Å².